The van der Waals surface area contributed by atoms with Crippen LogP contribution in [0.3, 0.4) is 0 Å². The molecule has 0 saturated heterocycles. The third-order valence-corrected chi connectivity index (χ3v) is 5.80. The Labute approximate surface area is 211 Å². The molecule has 36 heavy (non-hydrogen) atoms. The van der Waals surface area contributed by atoms with Crippen LogP contribution in [0, 0.1) is 0 Å². The molecule has 0 spiro atoms. The van der Waals surface area contributed by atoms with Crippen LogP contribution in [0.4, 0.5) is 0 Å². The molecule has 4 rings (SSSR count). The summed E-state index contributed by atoms with van der Waals surface area (Å²) in [5.74, 6) is -0.114. The monoisotopic (exact) mass is 502 g/mol. The number of carboxylic acid groups (broad SMARTS) is 1. The molecule has 0 aliphatic carbocycles. The van der Waals surface area contributed by atoms with Gasteiger partial charge in [0.25, 0.3) is 5.91 Å². The molecule has 0 unspecified atom stereocenters. The van der Waals surface area contributed by atoms with Crippen molar-refractivity contribution >= 4 is 29.9 Å². The van der Waals surface area contributed by atoms with Crippen LogP contribution < -0.4 is 10.2 Å². The van der Waals surface area contributed by atoms with E-state index in [1.54, 1.807) is 30.6 Å². The molecule has 2 heterocycles. The van der Waals surface area contributed by atoms with Crippen LogP contribution in [0.2, 0.25) is 0 Å². The van der Waals surface area contributed by atoms with Crippen LogP contribution in [0.5, 0.6) is 5.75 Å². The third-order valence-electron chi connectivity index (χ3n) is 4.88. The predicted molar refractivity (Wildman–Crippen MR) is 136 cm³/mol. The second-order valence-electron chi connectivity index (χ2n) is 7.28. The molecule has 10 nitrogen and oxygen atoms in total. The smallest absolute Gasteiger partial charge is 0.336 e. The van der Waals surface area contributed by atoms with E-state index in [-0.39, 0.29) is 17.2 Å². The van der Waals surface area contributed by atoms with Gasteiger partial charge in [-0.25, -0.2) is 10.2 Å². The van der Waals surface area contributed by atoms with Gasteiger partial charge in [-0.05, 0) is 49.4 Å². The van der Waals surface area contributed by atoms with Crippen molar-refractivity contribution in [2.45, 2.75) is 12.1 Å². The van der Waals surface area contributed by atoms with Crippen molar-refractivity contribution in [1.82, 2.24) is 25.2 Å². The van der Waals surface area contributed by atoms with Crippen LogP contribution in [-0.2, 0) is 4.79 Å². The number of carbonyl (C=O) groups is 2. The standard InChI is InChI=1S/C25H22N6O4S/c1-2-35-20-11-9-19(10-12-20)31-23(18-7-5-13-26-14-18)29-30-25(31)36-16-22(32)28-27-15-17-6-3-4-8-21(17)24(33)34/h3-15H,2,16H2,1H3,(H,28,32)(H,33,34). The maximum atomic E-state index is 12.4. The highest BCUT2D eigenvalue weighted by atomic mass is 32.2. The number of carboxylic acids is 1. The molecule has 0 aliphatic heterocycles. The molecular weight excluding hydrogens is 480 g/mol. The van der Waals surface area contributed by atoms with E-state index < -0.39 is 5.97 Å². The van der Waals surface area contributed by atoms with E-state index in [1.165, 1.54) is 24.0 Å². The summed E-state index contributed by atoms with van der Waals surface area (Å²) < 4.78 is 7.38. The van der Waals surface area contributed by atoms with Crippen LogP contribution in [-0.4, -0.2) is 55.3 Å². The minimum absolute atomic E-state index is 0.0140. The average molecular weight is 503 g/mol. The van der Waals surface area contributed by atoms with Crippen molar-refractivity contribution in [1.29, 1.82) is 0 Å². The molecule has 0 atom stereocenters. The molecule has 0 bridgehead atoms. The number of amides is 1. The quantitative estimate of drug-likeness (QED) is 0.191. The van der Waals surface area contributed by atoms with Gasteiger partial charge in [-0.15, -0.1) is 10.2 Å². The fourth-order valence-corrected chi connectivity index (χ4v) is 4.02. The summed E-state index contributed by atoms with van der Waals surface area (Å²) in [5.41, 5.74) is 4.47. The minimum Gasteiger partial charge on any atom is -0.494 e. The lowest BCUT2D eigenvalue weighted by Crippen LogP contribution is -2.20. The number of nitrogens with zero attached hydrogens (tertiary/aromatic N) is 5. The number of benzene rings is 2. The third kappa shape index (κ3) is 5.94. The molecule has 0 aliphatic rings. The van der Waals surface area contributed by atoms with Crippen molar-refractivity contribution < 1.29 is 19.4 Å². The molecule has 2 aromatic heterocycles. The first-order chi connectivity index (χ1) is 17.6. The van der Waals surface area contributed by atoms with E-state index in [2.05, 4.69) is 25.7 Å². The van der Waals surface area contributed by atoms with Gasteiger partial charge in [0, 0.05) is 29.2 Å². The van der Waals surface area contributed by atoms with Crippen LogP contribution in [0.15, 0.2) is 83.3 Å². The molecule has 0 saturated carbocycles. The summed E-state index contributed by atoms with van der Waals surface area (Å²) in [7, 11) is 0. The zero-order valence-corrected chi connectivity index (χ0v) is 20.1. The summed E-state index contributed by atoms with van der Waals surface area (Å²) in [5, 5.41) is 22.3. The van der Waals surface area contributed by atoms with Gasteiger partial charge in [-0.1, -0.05) is 30.0 Å². The number of carbonyl (C=O) groups excluding carboxylic acids is 1. The van der Waals surface area contributed by atoms with Crippen molar-refractivity contribution in [2.24, 2.45) is 5.10 Å². The number of pyridine rings is 1. The highest BCUT2D eigenvalue weighted by Gasteiger charge is 2.17. The lowest BCUT2D eigenvalue weighted by molar-refractivity contribution is -0.118. The van der Waals surface area contributed by atoms with Gasteiger partial charge >= 0.3 is 5.97 Å². The lowest BCUT2D eigenvalue weighted by atomic mass is 10.1. The van der Waals surface area contributed by atoms with E-state index in [1.807, 2.05) is 47.9 Å². The van der Waals surface area contributed by atoms with Crippen molar-refractivity contribution in [2.75, 3.05) is 12.4 Å². The summed E-state index contributed by atoms with van der Waals surface area (Å²) in [6.07, 6.45) is 4.67. The van der Waals surface area contributed by atoms with Gasteiger partial charge < -0.3 is 9.84 Å². The van der Waals surface area contributed by atoms with E-state index in [0.29, 0.717) is 23.2 Å². The Hall–Kier alpha value is -4.51. The number of thioether (sulfide) groups is 1. The Bertz CT molecular complexity index is 1370. The zero-order chi connectivity index (χ0) is 25.3. The predicted octanol–water partition coefficient (Wildman–Crippen LogP) is 3.67. The molecule has 0 fully saturated rings. The number of hydrazone groups is 1. The average Bonchev–Trinajstić information content (AvgIpc) is 3.33. The largest absolute Gasteiger partial charge is 0.494 e. The minimum atomic E-state index is -1.07. The van der Waals surface area contributed by atoms with Crippen molar-refractivity contribution in [3.05, 3.63) is 84.2 Å². The summed E-state index contributed by atoms with van der Waals surface area (Å²) in [4.78, 5) is 27.9. The Kier molecular flexibility index (Phi) is 8.04. The summed E-state index contributed by atoms with van der Waals surface area (Å²) in [6, 6.07) is 17.6. The molecule has 4 aromatic rings. The molecule has 11 heteroatoms. The van der Waals surface area contributed by atoms with E-state index in [9.17, 15) is 14.7 Å². The molecule has 0 radical (unpaired) electrons. The number of hydrogen-bond donors (Lipinski definition) is 2. The Morgan fingerprint density at radius 3 is 2.64 bits per heavy atom. The normalized spacial score (nSPS) is 10.9. The van der Waals surface area contributed by atoms with Gasteiger partial charge in [0.05, 0.1) is 24.1 Å². The topological polar surface area (TPSA) is 132 Å². The fraction of sp³-hybridized carbons (Fsp3) is 0.120. The van der Waals surface area contributed by atoms with E-state index >= 15 is 0 Å². The number of aromatic nitrogens is 4. The first kappa shape index (κ1) is 24.6. The van der Waals surface area contributed by atoms with Gasteiger partial charge in [0.1, 0.15) is 5.75 Å². The number of hydrogen-bond acceptors (Lipinski definition) is 8. The van der Waals surface area contributed by atoms with Crippen molar-refractivity contribution in [3.8, 4) is 22.8 Å². The zero-order valence-electron chi connectivity index (χ0n) is 19.2. The highest BCUT2D eigenvalue weighted by Crippen LogP contribution is 2.28. The van der Waals surface area contributed by atoms with Gasteiger partial charge in [0.15, 0.2) is 11.0 Å². The van der Waals surface area contributed by atoms with Crippen LogP contribution in [0.1, 0.15) is 22.8 Å². The second kappa shape index (κ2) is 11.8. The van der Waals surface area contributed by atoms with Crippen LogP contribution in [0.25, 0.3) is 17.1 Å². The van der Waals surface area contributed by atoms with Crippen molar-refractivity contribution in [3.63, 3.8) is 0 Å². The summed E-state index contributed by atoms with van der Waals surface area (Å²) >= 11 is 1.19. The molecule has 2 N–H and O–H groups in total. The first-order valence-corrected chi connectivity index (χ1v) is 11.9. The van der Waals surface area contributed by atoms with E-state index in [4.69, 9.17) is 4.74 Å². The van der Waals surface area contributed by atoms with Gasteiger partial charge in [0.2, 0.25) is 0 Å². The highest BCUT2D eigenvalue weighted by molar-refractivity contribution is 7.99. The maximum absolute atomic E-state index is 12.4. The lowest BCUT2D eigenvalue weighted by Gasteiger charge is -2.11. The molecule has 182 valence electrons. The number of rotatable bonds is 10. The summed E-state index contributed by atoms with van der Waals surface area (Å²) in [6.45, 7) is 2.48. The Morgan fingerprint density at radius 1 is 1.11 bits per heavy atom. The number of aromatic carboxylic acids is 1. The molecular formula is C25H22N6O4S. The van der Waals surface area contributed by atoms with E-state index in [0.717, 1.165) is 17.0 Å². The SMILES string of the molecule is CCOc1ccc(-n2c(SCC(=O)NN=Cc3ccccc3C(=O)O)nnc2-c2cccnc2)cc1. The second-order valence-corrected chi connectivity index (χ2v) is 8.23. The molecule has 2 aromatic carbocycles. The fourth-order valence-electron chi connectivity index (χ4n) is 3.28. The van der Waals surface area contributed by atoms with Gasteiger partial charge in [-0.3, -0.25) is 14.3 Å². The first-order valence-electron chi connectivity index (χ1n) is 10.9. The molecule has 1 amide bonds. The van der Waals surface area contributed by atoms with Gasteiger partial charge in [-0.2, -0.15) is 5.10 Å². The Morgan fingerprint density at radius 2 is 1.92 bits per heavy atom. The van der Waals surface area contributed by atoms with Crippen LogP contribution >= 0.6 is 11.8 Å². The Balaban J connectivity index is 1.50. The number of nitrogens with one attached hydrogen (secondary N) is 1. The number of ether oxygens (including phenoxy) is 1. The maximum Gasteiger partial charge on any atom is 0.336 e.